The van der Waals surface area contributed by atoms with E-state index in [1.165, 1.54) is 17.0 Å². The quantitative estimate of drug-likeness (QED) is 0.690. The zero-order valence-electron chi connectivity index (χ0n) is 8.83. The Morgan fingerprint density at radius 1 is 1.47 bits per heavy atom. The number of nitrogens with zero attached hydrogens (tertiary/aromatic N) is 1. The van der Waals surface area contributed by atoms with Gasteiger partial charge in [0.25, 0.3) is 0 Å². The molecule has 1 heterocycles. The lowest BCUT2D eigenvalue weighted by Gasteiger charge is -2.18. The average molecular weight is 253 g/mol. The highest BCUT2D eigenvalue weighted by atomic mass is 32.1. The highest BCUT2D eigenvalue weighted by molar-refractivity contribution is 7.81. The van der Waals surface area contributed by atoms with E-state index in [1.54, 1.807) is 0 Å². The maximum absolute atomic E-state index is 11.7. The number of benzene rings is 1. The van der Waals surface area contributed by atoms with Gasteiger partial charge in [0.05, 0.1) is 11.3 Å². The van der Waals surface area contributed by atoms with Crippen molar-refractivity contribution in [1.29, 1.82) is 0 Å². The average Bonchev–Trinajstić information content (AvgIpc) is 2.57. The number of carboxylic acid groups (broad SMARTS) is 1. The number of aromatic hydroxyl groups is 1. The first-order valence-electron chi connectivity index (χ1n) is 5.04. The number of amides is 1. The molecule has 0 aromatic heterocycles. The largest absolute Gasteiger partial charge is 0.508 e. The lowest BCUT2D eigenvalue weighted by atomic mass is 10.1. The molecule has 2 rings (SSSR count). The second kappa shape index (κ2) is 4.29. The van der Waals surface area contributed by atoms with Crippen LogP contribution >= 0.6 is 12.6 Å². The number of carboxylic acids is 1. The lowest BCUT2D eigenvalue weighted by Crippen LogP contribution is -2.26. The molecule has 1 atom stereocenters. The maximum Gasteiger partial charge on any atom is 0.337 e. The summed E-state index contributed by atoms with van der Waals surface area (Å²) < 4.78 is 0. The smallest absolute Gasteiger partial charge is 0.337 e. The van der Waals surface area contributed by atoms with Gasteiger partial charge < -0.3 is 15.1 Å². The minimum Gasteiger partial charge on any atom is -0.508 e. The van der Waals surface area contributed by atoms with Crippen molar-refractivity contribution in [3.05, 3.63) is 23.8 Å². The molecule has 0 bridgehead atoms. The number of thiol groups is 1. The van der Waals surface area contributed by atoms with Crippen molar-refractivity contribution >= 4 is 30.2 Å². The first-order valence-corrected chi connectivity index (χ1v) is 5.55. The summed E-state index contributed by atoms with van der Waals surface area (Å²) in [5.41, 5.74) is 0.220. The third-order valence-corrected chi connectivity index (χ3v) is 2.95. The molecule has 1 saturated heterocycles. The Labute approximate surface area is 103 Å². The second-order valence-electron chi connectivity index (χ2n) is 3.87. The number of phenolic OH excluding ortho intramolecular Hbond substituents is 1. The van der Waals surface area contributed by atoms with E-state index in [0.29, 0.717) is 18.7 Å². The van der Waals surface area contributed by atoms with Crippen molar-refractivity contribution in [2.45, 2.75) is 11.7 Å². The number of carbonyl (C=O) groups is 2. The number of carbonyl (C=O) groups excluding carboxylic acids is 1. The summed E-state index contributed by atoms with van der Waals surface area (Å²) in [4.78, 5) is 24.1. The van der Waals surface area contributed by atoms with Crippen molar-refractivity contribution in [2.75, 3.05) is 11.4 Å². The first-order chi connectivity index (χ1) is 7.99. The fourth-order valence-electron chi connectivity index (χ4n) is 1.85. The van der Waals surface area contributed by atoms with Crippen LogP contribution in [0.5, 0.6) is 5.75 Å². The van der Waals surface area contributed by atoms with E-state index in [-0.39, 0.29) is 22.5 Å². The van der Waals surface area contributed by atoms with E-state index in [1.807, 2.05) is 0 Å². The van der Waals surface area contributed by atoms with Gasteiger partial charge >= 0.3 is 5.97 Å². The van der Waals surface area contributed by atoms with Gasteiger partial charge in [-0.25, -0.2) is 4.79 Å². The molecule has 1 amide bonds. The monoisotopic (exact) mass is 253 g/mol. The predicted molar refractivity (Wildman–Crippen MR) is 64.8 cm³/mol. The van der Waals surface area contributed by atoms with E-state index >= 15 is 0 Å². The maximum atomic E-state index is 11.7. The summed E-state index contributed by atoms with van der Waals surface area (Å²) >= 11 is 4.21. The fraction of sp³-hybridized carbons (Fsp3) is 0.273. The van der Waals surface area contributed by atoms with Crippen molar-refractivity contribution < 1.29 is 19.8 Å². The summed E-state index contributed by atoms with van der Waals surface area (Å²) in [6.07, 6.45) is 0.295. The third kappa shape index (κ3) is 2.21. The SMILES string of the molecule is O=C(O)c1cc(O)ccc1N1CC(S)CC1=O. The van der Waals surface area contributed by atoms with Crippen LogP contribution in [0.4, 0.5) is 5.69 Å². The molecule has 2 N–H and O–H groups in total. The van der Waals surface area contributed by atoms with Gasteiger partial charge in [-0.15, -0.1) is 0 Å². The van der Waals surface area contributed by atoms with Gasteiger partial charge in [0, 0.05) is 18.2 Å². The minimum atomic E-state index is -1.17. The van der Waals surface area contributed by atoms with Gasteiger partial charge in [0.2, 0.25) is 5.91 Å². The van der Waals surface area contributed by atoms with E-state index in [4.69, 9.17) is 5.11 Å². The van der Waals surface area contributed by atoms with Gasteiger partial charge in [-0.3, -0.25) is 4.79 Å². The molecule has 0 radical (unpaired) electrons. The molecular weight excluding hydrogens is 242 g/mol. The molecule has 1 fully saturated rings. The lowest BCUT2D eigenvalue weighted by molar-refractivity contribution is -0.117. The molecule has 1 aromatic carbocycles. The van der Waals surface area contributed by atoms with Gasteiger partial charge in [0.1, 0.15) is 5.75 Å². The van der Waals surface area contributed by atoms with Crippen molar-refractivity contribution in [3.63, 3.8) is 0 Å². The second-order valence-corrected chi connectivity index (χ2v) is 4.60. The van der Waals surface area contributed by atoms with Crippen LogP contribution in [0.2, 0.25) is 0 Å². The number of rotatable bonds is 2. The molecule has 0 aliphatic carbocycles. The Bertz CT molecular complexity index is 488. The third-order valence-electron chi connectivity index (χ3n) is 2.61. The van der Waals surface area contributed by atoms with Crippen molar-refractivity contribution in [1.82, 2.24) is 0 Å². The number of hydrogen-bond acceptors (Lipinski definition) is 4. The molecule has 1 aliphatic heterocycles. The molecule has 1 aliphatic rings. The molecule has 90 valence electrons. The zero-order chi connectivity index (χ0) is 12.6. The molecule has 6 heteroatoms. The number of anilines is 1. The Kier molecular flexibility index (Phi) is 2.97. The van der Waals surface area contributed by atoms with Gasteiger partial charge in [-0.1, -0.05) is 0 Å². The fourth-order valence-corrected chi connectivity index (χ4v) is 2.17. The van der Waals surface area contributed by atoms with Gasteiger partial charge in [-0.2, -0.15) is 12.6 Å². The van der Waals surface area contributed by atoms with E-state index in [0.717, 1.165) is 6.07 Å². The zero-order valence-corrected chi connectivity index (χ0v) is 9.72. The van der Waals surface area contributed by atoms with Crippen molar-refractivity contribution in [2.24, 2.45) is 0 Å². The van der Waals surface area contributed by atoms with Gasteiger partial charge in [0.15, 0.2) is 0 Å². The summed E-state index contributed by atoms with van der Waals surface area (Å²) in [5.74, 6) is -1.47. The molecule has 1 aromatic rings. The van der Waals surface area contributed by atoms with Crippen LogP contribution < -0.4 is 4.90 Å². The number of phenols is 1. The number of hydrogen-bond donors (Lipinski definition) is 3. The molecule has 0 saturated carbocycles. The molecule has 5 nitrogen and oxygen atoms in total. The summed E-state index contributed by atoms with van der Waals surface area (Å²) in [6, 6.07) is 3.93. The summed E-state index contributed by atoms with van der Waals surface area (Å²) in [5, 5.41) is 18.2. The van der Waals surface area contributed by atoms with Crippen LogP contribution in [-0.4, -0.2) is 33.9 Å². The van der Waals surface area contributed by atoms with E-state index < -0.39 is 5.97 Å². The van der Waals surface area contributed by atoms with Crippen LogP contribution in [0.3, 0.4) is 0 Å². The van der Waals surface area contributed by atoms with Crippen LogP contribution in [0.1, 0.15) is 16.8 Å². The Morgan fingerprint density at radius 2 is 2.18 bits per heavy atom. The van der Waals surface area contributed by atoms with E-state index in [2.05, 4.69) is 12.6 Å². The van der Waals surface area contributed by atoms with Crippen LogP contribution in [0.25, 0.3) is 0 Å². The van der Waals surface area contributed by atoms with Crippen LogP contribution in [-0.2, 0) is 4.79 Å². The first kappa shape index (κ1) is 11.8. The normalized spacial score (nSPS) is 19.7. The molecular formula is C11H11NO4S. The van der Waals surface area contributed by atoms with Crippen LogP contribution in [0.15, 0.2) is 18.2 Å². The Morgan fingerprint density at radius 3 is 2.71 bits per heavy atom. The molecule has 1 unspecified atom stereocenters. The topological polar surface area (TPSA) is 77.8 Å². The highest BCUT2D eigenvalue weighted by Crippen LogP contribution is 2.29. The predicted octanol–water partition coefficient (Wildman–Crippen LogP) is 1.13. The van der Waals surface area contributed by atoms with Crippen LogP contribution in [0, 0.1) is 0 Å². The van der Waals surface area contributed by atoms with Gasteiger partial charge in [-0.05, 0) is 18.2 Å². The highest BCUT2D eigenvalue weighted by Gasteiger charge is 2.30. The Hall–Kier alpha value is -1.69. The Balaban J connectivity index is 2.45. The summed E-state index contributed by atoms with van der Waals surface area (Å²) in [6.45, 7) is 0.382. The molecule has 0 spiro atoms. The van der Waals surface area contributed by atoms with Crippen molar-refractivity contribution in [3.8, 4) is 5.75 Å². The number of aromatic carboxylic acids is 1. The summed E-state index contributed by atoms with van der Waals surface area (Å²) in [7, 11) is 0. The molecule has 17 heavy (non-hydrogen) atoms. The van der Waals surface area contributed by atoms with E-state index in [9.17, 15) is 14.7 Å². The standard InChI is InChI=1S/C11H11NO4S/c13-6-1-2-9(8(3-6)11(15)16)12-5-7(17)4-10(12)14/h1-3,7,13,17H,4-5H2,(H,15,16). The minimum absolute atomic E-state index is 0.0826.